The summed E-state index contributed by atoms with van der Waals surface area (Å²) in [5.74, 6) is 0.916. The van der Waals surface area contributed by atoms with Crippen LogP contribution in [0.4, 0.5) is 0 Å². The zero-order valence-corrected chi connectivity index (χ0v) is 18.1. The van der Waals surface area contributed by atoms with Crippen molar-refractivity contribution in [3.8, 4) is 0 Å². The van der Waals surface area contributed by atoms with E-state index in [1.165, 1.54) is 5.56 Å². The molecule has 1 aliphatic rings. The van der Waals surface area contributed by atoms with E-state index in [0.717, 1.165) is 32.0 Å². The minimum Gasteiger partial charge on any atom is -0.357 e. The molecule has 2 atom stereocenters. The number of rotatable bonds is 10. The van der Waals surface area contributed by atoms with Gasteiger partial charge in [-0.25, -0.2) is 13.1 Å². The molecule has 0 spiro atoms. The minimum atomic E-state index is -3.12. The number of aliphatic imine (C=N–C) groups is 1. The number of likely N-dealkylation sites (tertiary alicyclic amines) is 1. The maximum Gasteiger partial charge on any atom is 0.211 e. The summed E-state index contributed by atoms with van der Waals surface area (Å²) in [5.41, 5.74) is 1.34. The molecule has 2 unspecified atom stereocenters. The summed E-state index contributed by atoms with van der Waals surface area (Å²) in [7, 11) is -3.12. The van der Waals surface area contributed by atoms with Gasteiger partial charge in [0.15, 0.2) is 5.96 Å². The highest BCUT2D eigenvalue weighted by atomic mass is 32.2. The van der Waals surface area contributed by atoms with E-state index < -0.39 is 10.0 Å². The smallest absolute Gasteiger partial charge is 0.211 e. The highest BCUT2D eigenvalue weighted by molar-refractivity contribution is 7.89. The lowest BCUT2D eigenvalue weighted by Crippen LogP contribution is -2.44. The molecular weight excluding hydrogens is 374 g/mol. The lowest BCUT2D eigenvalue weighted by Gasteiger charge is -2.21. The fraction of sp³-hybridized carbons (Fsp3) is 0.650. The Hall–Kier alpha value is -1.64. The summed E-state index contributed by atoms with van der Waals surface area (Å²) < 4.78 is 25.5. The lowest BCUT2D eigenvalue weighted by atomic mass is 10.2. The van der Waals surface area contributed by atoms with Crippen molar-refractivity contribution in [1.82, 2.24) is 20.3 Å². The first-order chi connectivity index (χ1) is 13.4. The van der Waals surface area contributed by atoms with E-state index in [1.54, 1.807) is 6.92 Å². The van der Waals surface area contributed by atoms with E-state index in [1.807, 2.05) is 13.0 Å². The van der Waals surface area contributed by atoms with Crippen LogP contribution in [0.15, 0.2) is 35.3 Å². The molecule has 1 aliphatic heterocycles. The van der Waals surface area contributed by atoms with E-state index in [4.69, 9.17) is 0 Å². The SMILES string of the molecule is CCNC(=NCCCNS(=O)(=O)CC)NC1CC(C)N(Cc2ccccc2)C1. The Morgan fingerprint density at radius 2 is 2.00 bits per heavy atom. The van der Waals surface area contributed by atoms with Crippen molar-refractivity contribution < 1.29 is 8.42 Å². The number of nitrogens with one attached hydrogen (secondary N) is 3. The van der Waals surface area contributed by atoms with Gasteiger partial charge in [-0.3, -0.25) is 9.89 Å². The molecule has 1 aromatic rings. The van der Waals surface area contributed by atoms with Crippen LogP contribution >= 0.6 is 0 Å². The average molecular weight is 410 g/mol. The molecule has 0 radical (unpaired) electrons. The second kappa shape index (κ2) is 11.4. The number of hydrogen-bond donors (Lipinski definition) is 3. The zero-order chi connectivity index (χ0) is 20.4. The Kier molecular flexibility index (Phi) is 9.21. The number of nitrogens with zero attached hydrogens (tertiary/aromatic N) is 2. The Morgan fingerprint density at radius 1 is 1.25 bits per heavy atom. The summed E-state index contributed by atoms with van der Waals surface area (Å²) in [6, 6.07) is 11.4. The van der Waals surface area contributed by atoms with Crippen molar-refractivity contribution in [2.45, 2.75) is 52.2 Å². The molecule has 8 heteroatoms. The van der Waals surface area contributed by atoms with Gasteiger partial charge in [0.25, 0.3) is 0 Å². The monoisotopic (exact) mass is 409 g/mol. The Morgan fingerprint density at radius 3 is 2.68 bits per heavy atom. The summed E-state index contributed by atoms with van der Waals surface area (Å²) >= 11 is 0. The quantitative estimate of drug-likeness (QED) is 0.310. The highest BCUT2D eigenvalue weighted by Gasteiger charge is 2.29. The third-order valence-corrected chi connectivity index (χ3v) is 6.33. The molecule has 0 aromatic heterocycles. The molecule has 1 aromatic carbocycles. The summed E-state index contributed by atoms with van der Waals surface area (Å²) in [6.45, 7) is 9.70. The topological polar surface area (TPSA) is 85.8 Å². The minimum absolute atomic E-state index is 0.111. The van der Waals surface area contributed by atoms with E-state index in [0.29, 0.717) is 31.6 Å². The van der Waals surface area contributed by atoms with Crippen LogP contribution in [0.3, 0.4) is 0 Å². The van der Waals surface area contributed by atoms with E-state index in [9.17, 15) is 8.42 Å². The van der Waals surface area contributed by atoms with Crippen molar-refractivity contribution in [2.75, 3.05) is 31.9 Å². The van der Waals surface area contributed by atoms with Gasteiger partial charge in [0.05, 0.1) is 5.75 Å². The maximum atomic E-state index is 11.4. The third kappa shape index (κ3) is 7.77. The van der Waals surface area contributed by atoms with Crippen LogP contribution in [0.5, 0.6) is 0 Å². The highest BCUT2D eigenvalue weighted by Crippen LogP contribution is 2.20. The van der Waals surface area contributed by atoms with Crippen LogP contribution in [0, 0.1) is 0 Å². The van der Waals surface area contributed by atoms with Gasteiger partial charge in [-0.15, -0.1) is 0 Å². The van der Waals surface area contributed by atoms with Crippen LogP contribution in [0.25, 0.3) is 0 Å². The molecule has 7 nitrogen and oxygen atoms in total. The molecule has 1 fully saturated rings. The molecule has 2 rings (SSSR count). The average Bonchev–Trinajstić information content (AvgIpc) is 3.01. The van der Waals surface area contributed by atoms with Gasteiger partial charge < -0.3 is 10.6 Å². The Bertz CT molecular complexity index is 709. The van der Waals surface area contributed by atoms with E-state index in [-0.39, 0.29) is 5.75 Å². The Labute approximate surface area is 170 Å². The molecule has 1 saturated heterocycles. The largest absolute Gasteiger partial charge is 0.357 e. The predicted octanol–water partition coefficient (Wildman–Crippen LogP) is 1.53. The fourth-order valence-electron chi connectivity index (χ4n) is 3.35. The second-order valence-electron chi connectivity index (χ2n) is 7.25. The van der Waals surface area contributed by atoms with Crippen LogP contribution in [0.1, 0.15) is 39.2 Å². The zero-order valence-electron chi connectivity index (χ0n) is 17.3. The first kappa shape index (κ1) is 22.6. The first-order valence-electron chi connectivity index (χ1n) is 10.2. The van der Waals surface area contributed by atoms with Gasteiger partial charge in [-0.1, -0.05) is 30.3 Å². The third-order valence-electron chi connectivity index (χ3n) is 4.92. The molecule has 0 amide bonds. The summed E-state index contributed by atoms with van der Waals surface area (Å²) in [5, 5.41) is 6.83. The Balaban J connectivity index is 1.81. The molecule has 0 saturated carbocycles. The molecular formula is C20H35N5O2S. The first-order valence-corrected chi connectivity index (χ1v) is 11.9. The second-order valence-corrected chi connectivity index (χ2v) is 9.35. The van der Waals surface area contributed by atoms with Gasteiger partial charge in [-0.2, -0.15) is 0 Å². The van der Waals surface area contributed by atoms with Crippen LogP contribution in [-0.2, 0) is 16.6 Å². The van der Waals surface area contributed by atoms with Gasteiger partial charge in [0.1, 0.15) is 0 Å². The van der Waals surface area contributed by atoms with Crippen molar-refractivity contribution in [2.24, 2.45) is 4.99 Å². The van der Waals surface area contributed by atoms with Gasteiger partial charge >= 0.3 is 0 Å². The van der Waals surface area contributed by atoms with Gasteiger partial charge in [-0.05, 0) is 39.2 Å². The normalized spacial score (nSPS) is 21.0. The lowest BCUT2D eigenvalue weighted by molar-refractivity contribution is 0.258. The number of guanidine groups is 1. The van der Waals surface area contributed by atoms with Crippen LogP contribution < -0.4 is 15.4 Å². The van der Waals surface area contributed by atoms with Crippen molar-refractivity contribution in [1.29, 1.82) is 0 Å². The predicted molar refractivity (Wildman–Crippen MR) is 116 cm³/mol. The molecule has 0 aliphatic carbocycles. The number of benzene rings is 1. The van der Waals surface area contributed by atoms with Crippen LogP contribution in [-0.4, -0.2) is 63.3 Å². The fourth-order valence-corrected chi connectivity index (χ4v) is 4.01. The maximum absolute atomic E-state index is 11.4. The summed E-state index contributed by atoms with van der Waals surface area (Å²) in [4.78, 5) is 7.09. The molecule has 0 bridgehead atoms. The van der Waals surface area contributed by atoms with Gasteiger partial charge in [0.2, 0.25) is 10.0 Å². The van der Waals surface area contributed by atoms with Crippen molar-refractivity contribution in [3.63, 3.8) is 0 Å². The van der Waals surface area contributed by atoms with E-state index in [2.05, 4.69) is 56.4 Å². The number of sulfonamides is 1. The molecule has 3 N–H and O–H groups in total. The molecule has 158 valence electrons. The van der Waals surface area contributed by atoms with E-state index >= 15 is 0 Å². The van der Waals surface area contributed by atoms with Crippen LogP contribution in [0.2, 0.25) is 0 Å². The van der Waals surface area contributed by atoms with Crippen molar-refractivity contribution >= 4 is 16.0 Å². The standard InChI is InChI=1S/C20H35N5O2S/c1-4-21-20(22-12-9-13-23-28(26,27)5-2)24-19-14-17(3)25(16-19)15-18-10-7-6-8-11-18/h6-8,10-11,17,19,23H,4-5,9,12-16H2,1-3H3,(H2,21,22,24). The summed E-state index contributed by atoms with van der Waals surface area (Å²) in [6.07, 6.45) is 1.75. The molecule has 1 heterocycles. The molecule has 28 heavy (non-hydrogen) atoms. The van der Waals surface area contributed by atoms with Gasteiger partial charge in [0, 0.05) is 44.8 Å². The van der Waals surface area contributed by atoms with Crippen molar-refractivity contribution in [3.05, 3.63) is 35.9 Å². The number of hydrogen-bond acceptors (Lipinski definition) is 4.